The zero-order valence-electron chi connectivity index (χ0n) is 6.97. The van der Waals surface area contributed by atoms with Gasteiger partial charge in [-0.05, 0) is 17.7 Å². The van der Waals surface area contributed by atoms with Crippen molar-refractivity contribution in [1.82, 2.24) is 5.48 Å². The van der Waals surface area contributed by atoms with E-state index in [0.717, 1.165) is 0 Å². The molecule has 2 N–H and O–H groups in total. The SMILES string of the molecule is COc1c(F)cc(CNO)cc1Cl. The molecule has 0 amide bonds. The average molecular weight is 206 g/mol. The summed E-state index contributed by atoms with van der Waals surface area (Å²) < 4.78 is 17.8. The van der Waals surface area contributed by atoms with Crippen LogP contribution in [-0.4, -0.2) is 12.3 Å². The molecule has 0 aliphatic rings. The third-order valence-corrected chi connectivity index (χ3v) is 1.83. The van der Waals surface area contributed by atoms with Crippen LogP contribution in [0.2, 0.25) is 5.02 Å². The van der Waals surface area contributed by atoms with Crippen molar-refractivity contribution >= 4 is 11.6 Å². The first-order valence-electron chi connectivity index (χ1n) is 3.58. The van der Waals surface area contributed by atoms with Gasteiger partial charge in [-0.15, -0.1) is 0 Å². The van der Waals surface area contributed by atoms with Gasteiger partial charge in [0, 0.05) is 6.54 Å². The monoisotopic (exact) mass is 205 g/mol. The Balaban J connectivity index is 3.05. The molecule has 5 heteroatoms. The molecule has 0 radical (unpaired) electrons. The van der Waals surface area contributed by atoms with Gasteiger partial charge >= 0.3 is 0 Å². The van der Waals surface area contributed by atoms with Gasteiger partial charge in [0.05, 0.1) is 12.1 Å². The van der Waals surface area contributed by atoms with Gasteiger partial charge in [-0.1, -0.05) is 11.6 Å². The van der Waals surface area contributed by atoms with Gasteiger partial charge in [0.2, 0.25) is 0 Å². The summed E-state index contributed by atoms with van der Waals surface area (Å²) in [6, 6.07) is 2.76. The molecule has 0 bridgehead atoms. The number of ether oxygens (including phenoxy) is 1. The van der Waals surface area contributed by atoms with E-state index in [0.29, 0.717) is 5.56 Å². The minimum atomic E-state index is -0.541. The maximum Gasteiger partial charge on any atom is 0.173 e. The summed E-state index contributed by atoms with van der Waals surface area (Å²) in [7, 11) is 1.34. The molecule has 1 aromatic rings. The Kier molecular flexibility index (Phi) is 3.48. The fourth-order valence-corrected chi connectivity index (χ4v) is 1.31. The van der Waals surface area contributed by atoms with Crippen molar-refractivity contribution < 1.29 is 14.3 Å². The summed E-state index contributed by atoms with van der Waals surface area (Å²) >= 11 is 5.70. The van der Waals surface area contributed by atoms with E-state index in [1.807, 2.05) is 5.48 Å². The predicted molar refractivity (Wildman–Crippen MR) is 46.6 cm³/mol. The first-order valence-corrected chi connectivity index (χ1v) is 3.95. The molecule has 0 saturated heterocycles. The third kappa shape index (κ3) is 2.30. The van der Waals surface area contributed by atoms with Crippen molar-refractivity contribution in [2.24, 2.45) is 0 Å². The molecule has 0 aromatic heterocycles. The molecule has 0 fully saturated rings. The van der Waals surface area contributed by atoms with Crippen LogP contribution in [0.1, 0.15) is 5.56 Å². The van der Waals surface area contributed by atoms with E-state index in [-0.39, 0.29) is 17.3 Å². The number of benzene rings is 1. The molecule has 1 aromatic carbocycles. The number of rotatable bonds is 3. The Morgan fingerprint density at radius 2 is 2.31 bits per heavy atom. The quantitative estimate of drug-likeness (QED) is 0.742. The summed E-state index contributed by atoms with van der Waals surface area (Å²) in [5.74, 6) is -0.524. The van der Waals surface area contributed by atoms with E-state index >= 15 is 0 Å². The highest BCUT2D eigenvalue weighted by Gasteiger charge is 2.09. The topological polar surface area (TPSA) is 41.5 Å². The van der Waals surface area contributed by atoms with Crippen LogP contribution < -0.4 is 10.2 Å². The number of hydrogen-bond donors (Lipinski definition) is 2. The maximum absolute atomic E-state index is 13.1. The second-order valence-electron chi connectivity index (χ2n) is 2.43. The smallest absolute Gasteiger partial charge is 0.173 e. The number of hydroxylamine groups is 1. The number of nitrogens with one attached hydrogen (secondary N) is 1. The summed E-state index contributed by atoms with van der Waals surface area (Å²) in [5, 5.41) is 8.57. The Bertz CT molecular complexity index is 283. The number of halogens is 2. The highest BCUT2D eigenvalue weighted by molar-refractivity contribution is 6.32. The molecule has 0 heterocycles. The Morgan fingerprint density at radius 3 is 2.77 bits per heavy atom. The molecule has 3 nitrogen and oxygen atoms in total. The normalized spacial score (nSPS) is 10.2. The van der Waals surface area contributed by atoms with Crippen molar-refractivity contribution in [3.8, 4) is 5.75 Å². The van der Waals surface area contributed by atoms with Crippen LogP contribution in [-0.2, 0) is 6.54 Å². The van der Waals surface area contributed by atoms with E-state index in [4.69, 9.17) is 21.5 Å². The van der Waals surface area contributed by atoms with Crippen LogP contribution in [0.25, 0.3) is 0 Å². The highest BCUT2D eigenvalue weighted by atomic mass is 35.5. The van der Waals surface area contributed by atoms with Gasteiger partial charge in [0.25, 0.3) is 0 Å². The third-order valence-electron chi connectivity index (χ3n) is 1.55. The largest absolute Gasteiger partial charge is 0.492 e. The molecular formula is C8H9ClFNO2. The van der Waals surface area contributed by atoms with Gasteiger partial charge in [-0.25, -0.2) is 9.87 Å². The molecule has 0 unspecified atom stereocenters. The lowest BCUT2D eigenvalue weighted by Gasteiger charge is -2.06. The average Bonchev–Trinajstić information content (AvgIpc) is 2.04. The second kappa shape index (κ2) is 4.41. The van der Waals surface area contributed by atoms with E-state index in [1.165, 1.54) is 19.2 Å². The van der Waals surface area contributed by atoms with Gasteiger partial charge in [-0.3, -0.25) is 0 Å². The van der Waals surface area contributed by atoms with Crippen LogP contribution in [0.3, 0.4) is 0 Å². The van der Waals surface area contributed by atoms with Crippen LogP contribution in [0.15, 0.2) is 12.1 Å². The first kappa shape index (κ1) is 10.2. The Morgan fingerprint density at radius 1 is 1.62 bits per heavy atom. The van der Waals surface area contributed by atoms with Gasteiger partial charge in [0.15, 0.2) is 11.6 Å². The van der Waals surface area contributed by atoms with Crippen LogP contribution in [0.4, 0.5) is 4.39 Å². The summed E-state index contributed by atoms with van der Waals surface area (Å²) in [6.07, 6.45) is 0. The Labute approximate surface area is 80.0 Å². The lowest BCUT2D eigenvalue weighted by Crippen LogP contribution is -2.06. The molecule has 1 rings (SSSR count). The molecule has 0 atom stereocenters. The second-order valence-corrected chi connectivity index (χ2v) is 2.83. The lowest BCUT2D eigenvalue weighted by atomic mass is 10.2. The standard InChI is InChI=1S/C8H9ClFNO2/c1-13-8-6(9)2-5(4-11-12)3-7(8)10/h2-3,11-12H,4H2,1H3. The predicted octanol–water partition coefficient (Wildman–Crippen LogP) is 1.97. The van der Waals surface area contributed by atoms with Crippen molar-refractivity contribution in [2.45, 2.75) is 6.54 Å². The van der Waals surface area contributed by atoms with E-state index in [9.17, 15) is 4.39 Å². The fourth-order valence-electron chi connectivity index (χ4n) is 1.00. The van der Waals surface area contributed by atoms with Crippen molar-refractivity contribution in [3.05, 3.63) is 28.5 Å². The summed E-state index contributed by atoms with van der Waals surface area (Å²) in [6.45, 7) is 0.140. The molecule has 13 heavy (non-hydrogen) atoms. The molecule has 0 spiro atoms. The minimum Gasteiger partial charge on any atom is -0.492 e. The zero-order chi connectivity index (χ0) is 9.84. The lowest BCUT2D eigenvalue weighted by molar-refractivity contribution is 0.161. The minimum absolute atomic E-state index is 0.0170. The van der Waals surface area contributed by atoms with Gasteiger partial charge < -0.3 is 9.94 Å². The van der Waals surface area contributed by atoms with Crippen LogP contribution >= 0.6 is 11.6 Å². The van der Waals surface area contributed by atoms with E-state index < -0.39 is 5.82 Å². The molecular weight excluding hydrogens is 197 g/mol. The highest BCUT2D eigenvalue weighted by Crippen LogP contribution is 2.28. The maximum atomic E-state index is 13.1. The van der Waals surface area contributed by atoms with Gasteiger partial charge in [-0.2, -0.15) is 0 Å². The number of methoxy groups -OCH3 is 1. The van der Waals surface area contributed by atoms with Gasteiger partial charge in [0.1, 0.15) is 0 Å². The van der Waals surface area contributed by atoms with Crippen molar-refractivity contribution in [3.63, 3.8) is 0 Å². The molecule has 72 valence electrons. The molecule has 0 aliphatic heterocycles. The first-order chi connectivity index (χ1) is 6.19. The van der Waals surface area contributed by atoms with E-state index in [2.05, 4.69) is 0 Å². The van der Waals surface area contributed by atoms with Crippen LogP contribution in [0.5, 0.6) is 5.75 Å². The Hall–Kier alpha value is -0.840. The van der Waals surface area contributed by atoms with Crippen molar-refractivity contribution in [1.29, 1.82) is 0 Å². The summed E-state index contributed by atoms with van der Waals surface area (Å²) in [4.78, 5) is 0. The van der Waals surface area contributed by atoms with Crippen molar-refractivity contribution in [2.75, 3.05) is 7.11 Å². The number of hydrogen-bond acceptors (Lipinski definition) is 3. The fraction of sp³-hybridized carbons (Fsp3) is 0.250. The van der Waals surface area contributed by atoms with E-state index in [1.54, 1.807) is 0 Å². The molecule has 0 saturated carbocycles. The summed E-state index contributed by atoms with van der Waals surface area (Å²) in [5.41, 5.74) is 2.46. The molecule has 0 aliphatic carbocycles. The zero-order valence-corrected chi connectivity index (χ0v) is 7.73. The van der Waals surface area contributed by atoms with Crippen LogP contribution in [0, 0.1) is 5.82 Å².